The van der Waals surface area contributed by atoms with Crippen LogP contribution < -0.4 is 5.32 Å². The van der Waals surface area contributed by atoms with E-state index in [1.807, 2.05) is 18.2 Å². The number of rotatable bonds is 6. The Hall–Kier alpha value is -1.79. The highest BCUT2D eigenvalue weighted by Crippen LogP contribution is 2.20. The van der Waals surface area contributed by atoms with Gasteiger partial charge in [0.1, 0.15) is 6.04 Å². The Morgan fingerprint density at radius 2 is 2.11 bits per heavy atom. The molecule has 0 bridgehead atoms. The number of hydrogen-bond acceptors (Lipinski definition) is 3. The lowest BCUT2D eigenvalue weighted by Gasteiger charge is -2.19. The summed E-state index contributed by atoms with van der Waals surface area (Å²) in [6, 6.07) is 9.72. The van der Waals surface area contributed by atoms with Crippen LogP contribution in [-0.4, -0.2) is 25.7 Å². The van der Waals surface area contributed by atoms with Gasteiger partial charge in [-0.05, 0) is 17.9 Å². The number of carbonyl (C=O) groups excluding carboxylic acids is 1. The molecule has 1 rings (SSSR count). The Labute approximate surface area is 109 Å². The van der Waals surface area contributed by atoms with Crippen molar-refractivity contribution in [3.05, 3.63) is 35.9 Å². The molecule has 0 amide bonds. The summed E-state index contributed by atoms with van der Waals surface area (Å²) in [7, 11) is 1.39. The molecule has 2 atom stereocenters. The molecule has 0 aliphatic carbocycles. The van der Waals surface area contributed by atoms with Gasteiger partial charge in [-0.1, -0.05) is 43.2 Å². The third-order valence-electron chi connectivity index (χ3n) is 2.89. The second-order valence-corrected chi connectivity index (χ2v) is 4.21. The lowest BCUT2D eigenvalue weighted by atomic mass is 9.94. The number of nitrogens with one attached hydrogen (secondary N) is 1. The number of terminal acetylenes is 1. The number of esters is 1. The normalized spacial score (nSPS) is 13.4. The first-order valence-corrected chi connectivity index (χ1v) is 5.98. The molecule has 1 aromatic carbocycles. The summed E-state index contributed by atoms with van der Waals surface area (Å²) in [5.74, 6) is 2.47. The summed E-state index contributed by atoms with van der Waals surface area (Å²) >= 11 is 0. The van der Waals surface area contributed by atoms with Gasteiger partial charge in [0.25, 0.3) is 0 Å². The lowest BCUT2D eigenvalue weighted by Crippen LogP contribution is -2.38. The Kier molecular flexibility index (Phi) is 5.96. The third-order valence-corrected chi connectivity index (χ3v) is 2.89. The van der Waals surface area contributed by atoms with Crippen LogP contribution in [0, 0.1) is 12.3 Å². The zero-order valence-corrected chi connectivity index (χ0v) is 10.8. The fraction of sp³-hybridized carbons (Fsp3) is 0.400. The summed E-state index contributed by atoms with van der Waals surface area (Å²) in [5, 5.41) is 3.01. The minimum Gasteiger partial charge on any atom is -0.468 e. The molecule has 0 aromatic heterocycles. The number of carbonyl (C=O) groups is 1. The average molecular weight is 245 g/mol. The van der Waals surface area contributed by atoms with Crippen LogP contribution in [0.1, 0.15) is 24.8 Å². The summed E-state index contributed by atoms with van der Waals surface area (Å²) in [4.78, 5) is 11.6. The van der Waals surface area contributed by atoms with E-state index in [4.69, 9.17) is 11.2 Å². The SMILES string of the molecule is C#CCNC(CC(C)c1ccccc1)C(=O)OC. The number of hydrogen-bond donors (Lipinski definition) is 1. The quantitative estimate of drug-likeness (QED) is 0.615. The molecule has 96 valence electrons. The van der Waals surface area contributed by atoms with E-state index in [0.29, 0.717) is 13.0 Å². The van der Waals surface area contributed by atoms with Gasteiger partial charge in [0, 0.05) is 0 Å². The molecule has 3 heteroatoms. The van der Waals surface area contributed by atoms with Gasteiger partial charge in [-0.3, -0.25) is 10.1 Å². The Morgan fingerprint density at radius 3 is 2.67 bits per heavy atom. The Balaban J connectivity index is 2.65. The van der Waals surface area contributed by atoms with Crippen LogP contribution in [0.25, 0.3) is 0 Å². The molecule has 2 unspecified atom stereocenters. The van der Waals surface area contributed by atoms with Crippen LogP contribution in [0.3, 0.4) is 0 Å². The summed E-state index contributed by atoms with van der Waals surface area (Å²) in [6.45, 7) is 2.45. The van der Waals surface area contributed by atoms with E-state index in [1.165, 1.54) is 12.7 Å². The van der Waals surface area contributed by atoms with Crippen molar-refractivity contribution in [2.75, 3.05) is 13.7 Å². The van der Waals surface area contributed by atoms with E-state index >= 15 is 0 Å². The van der Waals surface area contributed by atoms with Gasteiger partial charge in [-0.25, -0.2) is 0 Å². The number of methoxy groups -OCH3 is 1. The van der Waals surface area contributed by atoms with E-state index in [9.17, 15) is 4.79 Å². The van der Waals surface area contributed by atoms with Gasteiger partial charge in [-0.2, -0.15) is 0 Å². The van der Waals surface area contributed by atoms with Crippen molar-refractivity contribution < 1.29 is 9.53 Å². The van der Waals surface area contributed by atoms with Gasteiger partial charge in [-0.15, -0.1) is 6.42 Å². The van der Waals surface area contributed by atoms with E-state index < -0.39 is 0 Å². The van der Waals surface area contributed by atoms with E-state index in [2.05, 4.69) is 30.3 Å². The molecule has 0 heterocycles. The Morgan fingerprint density at radius 1 is 1.44 bits per heavy atom. The fourth-order valence-electron chi connectivity index (χ4n) is 1.86. The molecular weight excluding hydrogens is 226 g/mol. The smallest absolute Gasteiger partial charge is 0.322 e. The van der Waals surface area contributed by atoms with Crippen LogP contribution in [0.15, 0.2) is 30.3 Å². The van der Waals surface area contributed by atoms with Crippen LogP contribution in [0.4, 0.5) is 0 Å². The van der Waals surface area contributed by atoms with Crippen molar-refractivity contribution in [3.63, 3.8) is 0 Å². The standard InChI is InChI=1S/C15H19NO2/c1-4-10-16-14(15(17)18-3)11-12(2)13-8-6-5-7-9-13/h1,5-9,12,14,16H,10-11H2,2-3H3. The second kappa shape index (κ2) is 7.52. The molecule has 0 fully saturated rings. The molecule has 0 aliphatic rings. The maximum Gasteiger partial charge on any atom is 0.322 e. The van der Waals surface area contributed by atoms with Crippen molar-refractivity contribution >= 4 is 5.97 Å². The van der Waals surface area contributed by atoms with Crippen LogP contribution in [-0.2, 0) is 9.53 Å². The van der Waals surface area contributed by atoms with Gasteiger partial charge < -0.3 is 4.74 Å². The molecule has 0 spiro atoms. The van der Waals surface area contributed by atoms with Crippen molar-refractivity contribution in [2.24, 2.45) is 0 Å². The van der Waals surface area contributed by atoms with Crippen molar-refractivity contribution in [3.8, 4) is 12.3 Å². The first-order valence-electron chi connectivity index (χ1n) is 5.98. The van der Waals surface area contributed by atoms with Crippen molar-refractivity contribution in [1.82, 2.24) is 5.32 Å². The topological polar surface area (TPSA) is 38.3 Å². The number of benzene rings is 1. The first-order chi connectivity index (χ1) is 8.69. The third kappa shape index (κ3) is 4.23. The summed E-state index contributed by atoms with van der Waals surface area (Å²) < 4.78 is 4.78. The zero-order valence-electron chi connectivity index (χ0n) is 10.8. The van der Waals surface area contributed by atoms with Gasteiger partial charge >= 0.3 is 5.97 Å². The molecule has 1 aromatic rings. The monoisotopic (exact) mass is 245 g/mol. The van der Waals surface area contributed by atoms with Crippen molar-refractivity contribution in [2.45, 2.75) is 25.3 Å². The molecule has 0 aliphatic heterocycles. The van der Waals surface area contributed by atoms with E-state index in [1.54, 1.807) is 0 Å². The maximum atomic E-state index is 11.6. The molecule has 0 radical (unpaired) electrons. The van der Waals surface area contributed by atoms with Crippen LogP contribution >= 0.6 is 0 Å². The predicted molar refractivity (Wildman–Crippen MR) is 72.1 cm³/mol. The summed E-state index contributed by atoms with van der Waals surface area (Å²) in [6.07, 6.45) is 5.86. The largest absolute Gasteiger partial charge is 0.468 e. The molecule has 1 N–H and O–H groups in total. The summed E-state index contributed by atoms with van der Waals surface area (Å²) in [5.41, 5.74) is 1.20. The average Bonchev–Trinajstić information content (AvgIpc) is 2.43. The minimum atomic E-state index is -0.360. The van der Waals surface area contributed by atoms with Crippen LogP contribution in [0.5, 0.6) is 0 Å². The predicted octanol–water partition coefficient (Wildman–Crippen LogP) is 1.94. The first kappa shape index (κ1) is 14.3. The molecule has 18 heavy (non-hydrogen) atoms. The van der Waals surface area contributed by atoms with Gasteiger partial charge in [0.15, 0.2) is 0 Å². The highest BCUT2D eigenvalue weighted by Gasteiger charge is 2.21. The van der Waals surface area contributed by atoms with Crippen molar-refractivity contribution in [1.29, 1.82) is 0 Å². The van der Waals surface area contributed by atoms with E-state index in [-0.39, 0.29) is 17.9 Å². The highest BCUT2D eigenvalue weighted by atomic mass is 16.5. The zero-order chi connectivity index (χ0) is 13.4. The molecule has 3 nitrogen and oxygen atoms in total. The van der Waals surface area contributed by atoms with Crippen LogP contribution in [0.2, 0.25) is 0 Å². The number of ether oxygens (including phenoxy) is 1. The maximum absolute atomic E-state index is 11.6. The minimum absolute atomic E-state index is 0.264. The Bertz CT molecular complexity index is 408. The molecule has 0 saturated heterocycles. The molecular formula is C15H19NO2. The second-order valence-electron chi connectivity index (χ2n) is 4.21. The lowest BCUT2D eigenvalue weighted by molar-refractivity contribution is -0.143. The van der Waals surface area contributed by atoms with Gasteiger partial charge in [0.2, 0.25) is 0 Å². The fourth-order valence-corrected chi connectivity index (χ4v) is 1.86. The molecule has 0 saturated carbocycles. The highest BCUT2D eigenvalue weighted by molar-refractivity contribution is 5.75. The van der Waals surface area contributed by atoms with Gasteiger partial charge in [0.05, 0.1) is 13.7 Å². The van der Waals surface area contributed by atoms with E-state index in [0.717, 1.165) is 0 Å².